The largest absolute Gasteiger partial charge is 0.342 e. The fraction of sp³-hybridized carbons (Fsp3) is 0.348. The Kier molecular flexibility index (Phi) is 6.47. The summed E-state index contributed by atoms with van der Waals surface area (Å²) in [6.07, 6.45) is 3.18. The summed E-state index contributed by atoms with van der Waals surface area (Å²) in [6.45, 7) is 1.63. The Morgan fingerprint density at radius 2 is 1.77 bits per heavy atom. The second-order valence-corrected chi connectivity index (χ2v) is 8.62. The predicted molar refractivity (Wildman–Crippen MR) is 117 cm³/mol. The van der Waals surface area contributed by atoms with Gasteiger partial charge in [-0.2, -0.15) is 0 Å². The molecule has 1 amide bonds. The number of hydrogen-bond acceptors (Lipinski definition) is 4. The van der Waals surface area contributed by atoms with E-state index in [4.69, 9.17) is 0 Å². The smallest absolute Gasteiger partial charge is 0.233 e. The molecule has 7 heteroatoms. The Hall–Kier alpha value is -2.67. The summed E-state index contributed by atoms with van der Waals surface area (Å²) in [4.78, 5) is 14.6. The molecular formula is C23H25FN4OS. The van der Waals surface area contributed by atoms with Crippen LogP contribution in [0.2, 0.25) is 0 Å². The van der Waals surface area contributed by atoms with Crippen LogP contribution in [-0.2, 0) is 18.3 Å². The van der Waals surface area contributed by atoms with Crippen LogP contribution in [0.3, 0.4) is 0 Å². The Labute approximate surface area is 180 Å². The first-order valence-electron chi connectivity index (χ1n) is 10.2. The molecule has 0 spiro atoms. The summed E-state index contributed by atoms with van der Waals surface area (Å²) in [7, 11) is 1.86. The number of thioether (sulfide) groups is 1. The standard InChI is InChI=1S/C23H25FN4OS/c1-27-22(19-7-9-20(24)10-8-19)25-26-23(27)30-16-21(29)28-13-11-18(12-14-28)15-17-5-3-2-4-6-17/h2-10,18H,11-16H2,1H3. The number of amides is 1. The van der Waals surface area contributed by atoms with E-state index >= 15 is 0 Å². The van der Waals surface area contributed by atoms with E-state index in [1.165, 1.54) is 29.5 Å². The molecule has 1 aliphatic rings. The lowest BCUT2D eigenvalue weighted by molar-refractivity contribution is -0.129. The zero-order chi connectivity index (χ0) is 20.9. The van der Waals surface area contributed by atoms with Gasteiger partial charge in [-0.3, -0.25) is 4.79 Å². The van der Waals surface area contributed by atoms with Gasteiger partial charge in [0.2, 0.25) is 5.91 Å². The number of carbonyl (C=O) groups is 1. The lowest BCUT2D eigenvalue weighted by atomic mass is 9.90. The van der Waals surface area contributed by atoms with E-state index < -0.39 is 0 Å². The summed E-state index contributed by atoms with van der Waals surface area (Å²) in [5, 5.41) is 9.08. The molecule has 0 saturated carbocycles. The van der Waals surface area contributed by atoms with Gasteiger partial charge < -0.3 is 9.47 Å². The molecule has 0 aliphatic carbocycles. The predicted octanol–water partition coefficient (Wildman–Crippen LogP) is 4.19. The molecule has 0 radical (unpaired) electrons. The summed E-state index contributed by atoms with van der Waals surface area (Å²) in [6, 6.07) is 16.7. The number of rotatable bonds is 6. The van der Waals surface area contributed by atoms with Gasteiger partial charge in [0.05, 0.1) is 5.75 Å². The minimum Gasteiger partial charge on any atom is -0.342 e. The molecule has 156 valence electrons. The molecule has 1 aliphatic heterocycles. The highest BCUT2D eigenvalue weighted by molar-refractivity contribution is 7.99. The Morgan fingerprint density at radius 3 is 2.47 bits per heavy atom. The zero-order valence-corrected chi connectivity index (χ0v) is 17.8. The molecule has 5 nitrogen and oxygen atoms in total. The molecule has 4 rings (SSSR count). The fourth-order valence-electron chi connectivity index (χ4n) is 3.84. The summed E-state index contributed by atoms with van der Waals surface area (Å²) in [5.74, 6) is 1.50. The van der Waals surface area contributed by atoms with Crippen molar-refractivity contribution in [3.8, 4) is 11.4 Å². The third-order valence-electron chi connectivity index (χ3n) is 5.60. The van der Waals surface area contributed by atoms with Gasteiger partial charge in [-0.05, 0) is 55.0 Å². The van der Waals surface area contributed by atoms with Gasteiger partial charge in [0.25, 0.3) is 0 Å². The normalized spacial score (nSPS) is 14.8. The minimum atomic E-state index is -0.284. The molecule has 1 fully saturated rings. The number of hydrogen-bond donors (Lipinski definition) is 0. The van der Waals surface area contributed by atoms with Crippen LogP contribution in [0.1, 0.15) is 18.4 Å². The molecule has 3 aromatic rings. The fourth-order valence-corrected chi connectivity index (χ4v) is 4.66. The van der Waals surface area contributed by atoms with Gasteiger partial charge in [-0.15, -0.1) is 10.2 Å². The number of carbonyl (C=O) groups excluding carboxylic acids is 1. The lowest BCUT2D eigenvalue weighted by Gasteiger charge is -2.32. The van der Waals surface area contributed by atoms with Crippen molar-refractivity contribution in [2.45, 2.75) is 24.4 Å². The first kappa shape index (κ1) is 20.6. The number of aromatic nitrogens is 3. The molecule has 0 N–H and O–H groups in total. The van der Waals surface area contributed by atoms with Crippen LogP contribution in [0.5, 0.6) is 0 Å². The van der Waals surface area contributed by atoms with E-state index in [1.807, 2.05) is 22.6 Å². The highest BCUT2D eigenvalue weighted by Gasteiger charge is 2.23. The molecule has 1 saturated heterocycles. The summed E-state index contributed by atoms with van der Waals surface area (Å²) < 4.78 is 15.0. The van der Waals surface area contributed by atoms with E-state index in [-0.39, 0.29) is 11.7 Å². The second kappa shape index (κ2) is 9.43. The quantitative estimate of drug-likeness (QED) is 0.557. The minimum absolute atomic E-state index is 0.143. The maximum absolute atomic E-state index is 13.1. The monoisotopic (exact) mass is 424 g/mol. The average molecular weight is 425 g/mol. The van der Waals surface area contributed by atoms with Crippen LogP contribution in [0.25, 0.3) is 11.4 Å². The molecule has 30 heavy (non-hydrogen) atoms. The first-order valence-corrected chi connectivity index (χ1v) is 11.2. The number of halogens is 1. The van der Waals surface area contributed by atoms with Crippen molar-refractivity contribution in [2.75, 3.05) is 18.8 Å². The van der Waals surface area contributed by atoms with Crippen molar-refractivity contribution < 1.29 is 9.18 Å². The van der Waals surface area contributed by atoms with Crippen molar-refractivity contribution >= 4 is 17.7 Å². The van der Waals surface area contributed by atoms with Crippen LogP contribution >= 0.6 is 11.8 Å². The number of nitrogens with zero attached hydrogens (tertiary/aromatic N) is 4. The van der Waals surface area contributed by atoms with Crippen LogP contribution in [-0.4, -0.2) is 44.4 Å². The van der Waals surface area contributed by atoms with E-state index in [9.17, 15) is 9.18 Å². The maximum atomic E-state index is 13.1. The molecule has 0 atom stereocenters. The van der Waals surface area contributed by atoms with Gasteiger partial charge in [0, 0.05) is 25.7 Å². The maximum Gasteiger partial charge on any atom is 0.233 e. The first-order chi connectivity index (χ1) is 14.6. The van der Waals surface area contributed by atoms with Gasteiger partial charge in [0.1, 0.15) is 5.82 Å². The van der Waals surface area contributed by atoms with Crippen molar-refractivity contribution in [1.29, 1.82) is 0 Å². The SMILES string of the molecule is Cn1c(SCC(=O)N2CCC(Cc3ccccc3)CC2)nnc1-c1ccc(F)cc1. The van der Waals surface area contributed by atoms with Gasteiger partial charge in [-0.1, -0.05) is 42.1 Å². The topological polar surface area (TPSA) is 51.0 Å². The van der Waals surface area contributed by atoms with E-state index in [0.717, 1.165) is 37.9 Å². The number of likely N-dealkylation sites (tertiary alicyclic amines) is 1. The molecule has 0 unspecified atom stereocenters. The van der Waals surface area contributed by atoms with Crippen molar-refractivity contribution in [1.82, 2.24) is 19.7 Å². The molecule has 0 bridgehead atoms. The van der Waals surface area contributed by atoms with E-state index in [1.54, 1.807) is 12.1 Å². The molecule has 2 heterocycles. The van der Waals surface area contributed by atoms with E-state index in [2.05, 4.69) is 34.5 Å². The highest BCUT2D eigenvalue weighted by Crippen LogP contribution is 2.25. The van der Waals surface area contributed by atoms with Gasteiger partial charge in [0.15, 0.2) is 11.0 Å². The lowest BCUT2D eigenvalue weighted by Crippen LogP contribution is -2.39. The van der Waals surface area contributed by atoms with Crippen LogP contribution in [0, 0.1) is 11.7 Å². The Bertz CT molecular complexity index is 982. The Morgan fingerprint density at radius 1 is 1.07 bits per heavy atom. The van der Waals surface area contributed by atoms with Crippen molar-refractivity contribution in [3.63, 3.8) is 0 Å². The number of benzene rings is 2. The third kappa shape index (κ3) is 4.90. The Balaban J connectivity index is 1.28. The highest BCUT2D eigenvalue weighted by atomic mass is 32.2. The van der Waals surface area contributed by atoms with Gasteiger partial charge in [-0.25, -0.2) is 4.39 Å². The number of piperidine rings is 1. The zero-order valence-electron chi connectivity index (χ0n) is 17.0. The summed E-state index contributed by atoms with van der Waals surface area (Å²) >= 11 is 1.39. The van der Waals surface area contributed by atoms with Gasteiger partial charge >= 0.3 is 0 Å². The second-order valence-electron chi connectivity index (χ2n) is 7.67. The average Bonchev–Trinajstić information content (AvgIpc) is 3.14. The van der Waals surface area contributed by atoms with Crippen molar-refractivity contribution in [2.24, 2.45) is 13.0 Å². The van der Waals surface area contributed by atoms with Crippen LogP contribution in [0.4, 0.5) is 4.39 Å². The molecule has 1 aromatic heterocycles. The summed E-state index contributed by atoms with van der Waals surface area (Å²) in [5.41, 5.74) is 2.17. The van der Waals surface area contributed by atoms with Crippen LogP contribution in [0.15, 0.2) is 59.8 Å². The van der Waals surface area contributed by atoms with E-state index in [0.29, 0.717) is 22.7 Å². The van der Waals surface area contributed by atoms with Crippen molar-refractivity contribution in [3.05, 3.63) is 66.0 Å². The third-order valence-corrected chi connectivity index (χ3v) is 6.60. The molecule has 2 aromatic carbocycles. The van der Waals surface area contributed by atoms with Crippen LogP contribution < -0.4 is 0 Å². The molecular weight excluding hydrogens is 399 g/mol.